The van der Waals surface area contributed by atoms with Gasteiger partial charge in [-0.25, -0.2) is 14.4 Å². The lowest BCUT2D eigenvalue weighted by atomic mass is 10.1. The van der Waals surface area contributed by atoms with E-state index in [1.165, 1.54) is 12.1 Å². The molecule has 1 fully saturated rings. The summed E-state index contributed by atoms with van der Waals surface area (Å²) in [7, 11) is 0. The molecule has 0 radical (unpaired) electrons. The molecule has 0 saturated carbocycles. The highest BCUT2D eigenvalue weighted by atomic mass is 35.5. The Morgan fingerprint density at radius 2 is 1.95 bits per heavy atom. The van der Waals surface area contributed by atoms with Gasteiger partial charge in [-0.3, -0.25) is 9.58 Å². The fraction of sp³-hybridized carbons (Fsp3) is 0.355. The number of carbonyl (C=O) groups excluding carboxylic acids is 1. The number of carboxylic acids is 1. The predicted molar refractivity (Wildman–Crippen MR) is 157 cm³/mol. The highest BCUT2D eigenvalue weighted by Crippen LogP contribution is 2.27. The number of aromatic carboxylic acids is 1. The first-order valence-electron chi connectivity index (χ1n) is 14.3. The number of hydrogen-bond acceptors (Lipinski definition) is 7. The van der Waals surface area contributed by atoms with Gasteiger partial charge < -0.3 is 23.8 Å². The second-order valence-electron chi connectivity index (χ2n) is 11.2. The maximum atomic E-state index is 14.1. The van der Waals surface area contributed by atoms with E-state index >= 15 is 0 Å². The normalized spacial score (nSPS) is 14.6. The number of fused-ring (bicyclic) bond motifs is 1. The minimum absolute atomic E-state index is 0.0713. The maximum Gasteiger partial charge on any atom is 0.233 e. The molecular formula is C31H32ClFN7O3-. The van der Waals surface area contributed by atoms with Crippen LogP contribution < -0.4 is 9.84 Å². The largest absolute Gasteiger partial charge is 0.545 e. The number of benzene rings is 2. The van der Waals surface area contributed by atoms with Gasteiger partial charge in [-0.1, -0.05) is 23.7 Å². The molecular weight excluding hydrogens is 573 g/mol. The number of likely N-dealkylation sites (tertiary alicyclic amines) is 1. The van der Waals surface area contributed by atoms with Crippen LogP contribution in [0.5, 0.6) is 5.88 Å². The molecule has 10 nitrogen and oxygen atoms in total. The van der Waals surface area contributed by atoms with Crippen LogP contribution in [0.25, 0.3) is 11.0 Å². The summed E-state index contributed by atoms with van der Waals surface area (Å²) >= 11 is 5.84. The van der Waals surface area contributed by atoms with Crippen molar-refractivity contribution in [1.82, 2.24) is 33.8 Å². The van der Waals surface area contributed by atoms with Gasteiger partial charge in [0.05, 0.1) is 48.2 Å². The van der Waals surface area contributed by atoms with E-state index in [2.05, 4.69) is 38.0 Å². The van der Waals surface area contributed by atoms with Crippen LogP contribution in [0.1, 0.15) is 66.2 Å². The van der Waals surface area contributed by atoms with Gasteiger partial charge in [-0.05, 0) is 56.5 Å². The van der Waals surface area contributed by atoms with Crippen LogP contribution >= 0.6 is 11.6 Å². The third-order valence-corrected chi connectivity index (χ3v) is 8.19. The number of carboxylic acid groups (broad SMARTS) is 1. The van der Waals surface area contributed by atoms with E-state index in [1.54, 1.807) is 30.3 Å². The van der Waals surface area contributed by atoms with Crippen molar-refractivity contribution in [3.63, 3.8) is 0 Å². The van der Waals surface area contributed by atoms with Crippen LogP contribution in [0.15, 0.2) is 61.2 Å². The number of aromatic nitrogens is 6. The summed E-state index contributed by atoms with van der Waals surface area (Å²) < 4.78 is 25.9. The molecule has 6 rings (SSSR count). The highest BCUT2D eigenvalue weighted by Gasteiger charge is 2.24. The zero-order valence-electron chi connectivity index (χ0n) is 24.0. The molecule has 2 aromatic carbocycles. The number of ether oxygens (including phenoxy) is 1. The third-order valence-electron chi connectivity index (χ3n) is 7.96. The number of nitrogens with zero attached hydrogens (tertiary/aromatic N) is 7. The van der Waals surface area contributed by atoms with E-state index in [-0.39, 0.29) is 24.3 Å². The summed E-state index contributed by atoms with van der Waals surface area (Å²) in [6, 6.07) is 11.7. The average Bonchev–Trinajstić information content (AvgIpc) is 3.72. The van der Waals surface area contributed by atoms with Crippen LogP contribution in [0.2, 0.25) is 5.02 Å². The lowest BCUT2D eigenvalue weighted by molar-refractivity contribution is -0.255. The number of hydrogen-bond donors (Lipinski definition) is 0. The molecule has 3 aromatic heterocycles. The van der Waals surface area contributed by atoms with E-state index in [1.807, 2.05) is 23.4 Å². The van der Waals surface area contributed by atoms with Crippen molar-refractivity contribution in [2.75, 3.05) is 13.1 Å². The minimum atomic E-state index is -1.21. The zero-order chi connectivity index (χ0) is 30.1. The maximum absolute atomic E-state index is 14.1. The molecule has 12 heteroatoms. The van der Waals surface area contributed by atoms with Crippen molar-refractivity contribution in [3.8, 4) is 5.88 Å². The van der Waals surface area contributed by atoms with Gasteiger partial charge in [0, 0.05) is 48.2 Å². The quantitative estimate of drug-likeness (QED) is 0.229. The molecule has 0 aliphatic carbocycles. The van der Waals surface area contributed by atoms with E-state index < -0.39 is 11.8 Å². The molecule has 1 aliphatic rings. The summed E-state index contributed by atoms with van der Waals surface area (Å²) in [5.74, 6) is -0.306. The molecule has 0 amide bonds. The molecule has 0 unspecified atom stereocenters. The van der Waals surface area contributed by atoms with Crippen molar-refractivity contribution in [3.05, 3.63) is 94.7 Å². The number of halogens is 2. The van der Waals surface area contributed by atoms with Crippen molar-refractivity contribution < 1.29 is 19.0 Å². The molecule has 224 valence electrons. The molecule has 0 bridgehead atoms. The van der Waals surface area contributed by atoms with Gasteiger partial charge in [0.1, 0.15) is 18.2 Å². The Morgan fingerprint density at radius 3 is 2.70 bits per heavy atom. The first-order valence-corrected chi connectivity index (χ1v) is 14.7. The van der Waals surface area contributed by atoms with Crippen LogP contribution in [-0.4, -0.2) is 52.8 Å². The Morgan fingerprint density at radius 1 is 1.14 bits per heavy atom. The van der Waals surface area contributed by atoms with Gasteiger partial charge in [0.25, 0.3) is 0 Å². The van der Waals surface area contributed by atoms with Crippen molar-refractivity contribution >= 4 is 28.6 Å². The Hall–Kier alpha value is -4.22. The Kier molecular flexibility index (Phi) is 8.18. The van der Waals surface area contributed by atoms with Gasteiger partial charge in [0.2, 0.25) is 5.88 Å². The van der Waals surface area contributed by atoms with E-state index in [0.29, 0.717) is 29.6 Å². The Labute approximate surface area is 253 Å². The van der Waals surface area contributed by atoms with E-state index in [9.17, 15) is 14.3 Å². The third kappa shape index (κ3) is 6.28. The molecule has 43 heavy (non-hydrogen) atoms. The summed E-state index contributed by atoms with van der Waals surface area (Å²) in [6.45, 7) is 7.10. The zero-order valence-corrected chi connectivity index (χ0v) is 24.7. The molecule has 1 aliphatic heterocycles. The Balaban J connectivity index is 1.14. The van der Waals surface area contributed by atoms with Gasteiger partial charge >= 0.3 is 0 Å². The van der Waals surface area contributed by atoms with Gasteiger partial charge in [0.15, 0.2) is 0 Å². The second kappa shape index (κ2) is 12.2. The molecule has 1 saturated heterocycles. The van der Waals surface area contributed by atoms with E-state index in [4.69, 9.17) is 21.3 Å². The lowest BCUT2D eigenvalue weighted by Crippen LogP contribution is -2.35. The van der Waals surface area contributed by atoms with Crippen molar-refractivity contribution in [1.29, 1.82) is 0 Å². The smallest absolute Gasteiger partial charge is 0.233 e. The topological polar surface area (TPSA) is 106 Å². The fourth-order valence-electron chi connectivity index (χ4n) is 5.61. The number of piperidine rings is 1. The van der Waals surface area contributed by atoms with Crippen LogP contribution in [0.4, 0.5) is 4.39 Å². The predicted octanol–water partition coefficient (Wildman–Crippen LogP) is 4.63. The van der Waals surface area contributed by atoms with Crippen molar-refractivity contribution in [2.24, 2.45) is 0 Å². The second-order valence-corrected chi connectivity index (χ2v) is 11.6. The Bertz CT molecular complexity index is 1750. The molecule has 0 N–H and O–H groups in total. The minimum Gasteiger partial charge on any atom is -0.545 e. The summed E-state index contributed by atoms with van der Waals surface area (Å²) in [5.41, 5.74) is 3.06. The first kappa shape index (κ1) is 28.9. The number of imidazole rings is 2. The lowest BCUT2D eigenvalue weighted by Gasteiger charge is -2.31. The molecule has 0 atom stereocenters. The number of rotatable bonds is 10. The van der Waals surface area contributed by atoms with Crippen LogP contribution in [-0.2, 0) is 19.7 Å². The van der Waals surface area contributed by atoms with Crippen molar-refractivity contribution in [2.45, 2.75) is 58.5 Å². The molecule has 4 heterocycles. The number of carbonyl (C=O) groups is 1. The summed E-state index contributed by atoms with van der Waals surface area (Å²) in [6.07, 6.45) is 7.35. The standard InChI is InChI=1S/C31H33ClFN7O3/c1-20(2)39-19-34-15-25(39)16-38-28-13-21(31(41)42)4-6-27(28)35-29(38)17-37-10-7-24(8-11-37)40-12-9-30(36-40)43-18-22-3-5-23(32)14-26(22)33/h3-6,9,12-15,19-20,24H,7-8,10-11,16-18H2,1-2H3,(H,41,42)/p-1. The SMILES string of the molecule is CC(C)n1cncc1Cn1c(CN2CCC(n3ccc(OCc4ccc(Cl)cc4F)n3)CC2)nc2ccc(C(=O)[O-])cc21. The van der Waals surface area contributed by atoms with Gasteiger partial charge in [-0.2, -0.15) is 0 Å². The molecule has 0 spiro atoms. The van der Waals surface area contributed by atoms with Crippen LogP contribution in [0.3, 0.4) is 0 Å². The fourth-order valence-corrected chi connectivity index (χ4v) is 5.77. The van der Waals surface area contributed by atoms with Crippen LogP contribution in [0, 0.1) is 5.82 Å². The summed E-state index contributed by atoms with van der Waals surface area (Å²) in [5, 5.41) is 16.5. The monoisotopic (exact) mass is 604 g/mol. The molecule has 5 aromatic rings. The average molecular weight is 605 g/mol. The highest BCUT2D eigenvalue weighted by molar-refractivity contribution is 6.30. The van der Waals surface area contributed by atoms with Gasteiger partial charge in [-0.15, -0.1) is 5.10 Å². The van der Waals surface area contributed by atoms with E-state index in [0.717, 1.165) is 48.5 Å². The summed E-state index contributed by atoms with van der Waals surface area (Å²) in [4.78, 5) is 23.2. The first-order chi connectivity index (χ1) is 20.7.